The molecule has 0 spiro atoms. The molecule has 2 rings (SSSR count). The highest BCUT2D eigenvalue weighted by molar-refractivity contribution is 5.62. The Morgan fingerprint density at radius 1 is 1.15 bits per heavy atom. The molecular formula is C15H10N4O. The van der Waals surface area contributed by atoms with E-state index in [-0.39, 0.29) is 5.57 Å². The maximum atomic E-state index is 8.68. The number of nitrogens with zero attached hydrogens (tertiary/aromatic N) is 4. The highest BCUT2D eigenvalue weighted by atomic mass is 16.5. The number of rotatable bonds is 3. The summed E-state index contributed by atoms with van der Waals surface area (Å²) < 4.78 is 5.55. The van der Waals surface area contributed by atoms with Gasteiger partial charge in [0.1, 0.15) is 23.5 Å². The van der Waals surface area contributed by atoms with Crippen molar-refractivity contribution in [2.24, 2.45) is 0 Å². The highest BCUT2D eigenvalue weighted by Gasteiger charge is 2.00. The number of benzene rings is 1. The van der Waals surface area contributed by atoms with Gasteiger partial charge in [-0.1, -0.05) is 12.1 Å². The Hall–Kier alpha value is -3.18. The molecule has 0 aliphatic carbocycles. The van der Waals surface area contributed by atoms with Crippen LogP contribution in [0.5, 0.6) is 11.6 Å². The molecule has 0 bridgehead atoms. The molecule has 0 saturated heterocycles. The van der Waals surface area contributed by atoms with E-state index < -0.39 is 0 Å². The molecule has 0 aliphatic rings. The van der Waals surface area contributed by atoms with Gasteiger partial charge in [0.2, 0.25) is 5.88 Å². The predicted octanol–water partition coefficient (Wildman–Crippen LogP) is 3.01. The zero-order valence-electron chi connectivity index (χ0n) is 10.7. The van der Waals surface area contributed by atoms with E-state index in [4.69, 9.17) is 15.3 Å². The number of ether oxygens (including phenoxy) is 1. The van der Waals surface area contributed by atoms with E-state index in [1.165, 1.54) is 12.3 Å². The van der Waals surface area contributed by atoms with Crippen molar-refractivity contribution in [2.45, 2.75) is 6.92 Å². The smallest absolute Gasteiger partial charge is 0.238 e. The van der Waals surface area contributed by atoms with Crippen LogP contribution in [0.2, 0.25) is 0 Å². The van der Waals surface area contributed by atoms with E-state index in [1.54, 1.807) is 30.5 Å². The van der Waals surface area contributed by atoms with Crippen molar-refractivity contribution in [3.8, 4) is 23.8 Å². The lowest BCUT2D eigenvalue weighted by Crippen LogP contribution is -1.91. The Bertz CT molecular complexity index is 705. The summed E-state index contributed by atoms with van der Waals surface area (Å²) in [6.07, 6.45) is 4.69. The van der Waals surface area contributed by atoms with Crippen molar-refractivity contribution in [3.63, 3.8) is 0 Å². The first-order chi connectivity index (χ1) is 9.71. The summed E-state index contributed by atoms with van der Waals surface area (Å²) in [7, 11) is 0. The molecule has 96 valence electrons. The standard InChI is InChI=1S/C15H10N4O/c1-11-9-18-10-15(19-11)20-14-4-2-12(3-5-14)6-13(7-16)8-17/h2-6,9-10H,1H3. The number of nitriles is 2. The lowest BCUT2D eigenvalue weighted by Gasteiger charge is -2.04. The highest BCUT2D eigenvalue weighted by Crippen LogP contribution is 2.20. The summed E-state index contributed by atoms with van der Waals surface area (Å²) in [6.45, 7) is 1.83. The molecule has 1 aromatic carbocycles. The summed E-state index contributed by atoms with van der Waals surface area (Å²) in [5, 5.41) is 17.4. The molecule has 0 radical (unpaired) electrons. The summed E-state index contributed by atoms with van der Waals surface area (Å²) in [5.41, 5.74) is 1.59. The van der Waals surface area contributed by atoms with Crippen molar-refractivity contribution in [1.82, 2.24) is 9.97 Å². The fourth-order valence-electron chi connectivity index (χ4n) is 1.50. The topological polar surface area (TPSA) is 82.6 Å². The van der Waals surface area contributed by atoms with Gasteiger partial charge in [-0.3, -0.25) is 4.98 Å². The first-order valence-corrected chi connectivity index (χ1v) is 5.80. The van der Waals surface area contributed by atoms with Gasteiger partial charge in [-0.25, -0.2) is 4.98 Å². The van der Waals surface area contributed by atoms with Gasteiger partial charge >= 0.3 is 0 Å². The monoisotopic (exact) mass is 262 g/mol. The number of aromatic nitrogens is 2. The summed E-state index contributed by atoms with van der Waals surface area (Å²) in [4.78, 5) is 8.17. The Kier molecular flexibility index (Phi) is 4.06. The van der Waals surface area contributed by atoms with Crippen molar-refractivity contribution < 1.29 is 4.74 Å². The fraction of sp³-hybridized carbons (Fsp3) is 0.0667. The fourth-order valence-corrected chi connectivity index (χ4v) is 1.50. The number of hydrogen-bond acceptors (Lipinski definition) is 5. The molecule has 0 fully saturated rings. The molecule has 2 aromatic rings. The first-order valence-electron chi connectivity index (χ1n) is 5.80. The molecule has 0 atom stereocenters. The maximum Gasteiger partial charge on any atom is 0.238 e. The van der Waals surface area contributed by atoms with Crippen LogP contribution in [0.3, 0.4) is 0 Å². The minimum absolute atomic E-state index is 0.0585. The Labute approximate surface area is 116 Å². The molecule has 0 amide bonds. The van der Waals surface area contributed by atoms with Gasteiger partial charge in [0.05, 0.1) is 11.9 Å². The van der Waals surface area contributed by atoms with Crippen LogP contribution < -0.4 is 4.74 Å². The van der Waals surface area contributed by atoms with Crippen molar-refractivity contribution in [1.29, 1.82) is 10.5 Å². The number of allylic oxidation sites excluding steroid dienone is 1. The SMILES string of the molecule is Cc1cncc(Oc2ccc(C=C(C#N)C#N)cc2)n1. The number of aryl methyl sites for hydroxylation is 1. The van der Waals surface area contributed by atoms with Crippen LogP contribution in [0, 0.1) is 29.6 Å². The lowest BCUT2D eigenvalue weighted by atomic mass is 10.1. The van der Waals surface area contributed by atoms with Crippen LogP contribution in [0.1, 0.15) is 11.3 Å². The zero-order valence-corrected chi connectivity index (χ0v) is 10.7. The zero-order chi connectivity index (χ0) is 14.4. The van der Waals surface area contributed by atoms with Crippen LogP contribution >= 0.6 is 0 Å². The lowest BCUT2D eigenvalue weighted by molar-refractivity contribution is 0.458. The van der Waals surface area contributed by atoms with Crippen LogP contribution in [0.25, 0.3) is 6.08 Å². The van der Waals surface area contributed by atoms with Crippen molar-refractivity contribution in [3.05, 3.63) is 53.5 Å². The molecular weight excluding hydrogens is 252 g/mol. The molecule has 5 heteroatoms. The van der Waals surface area contributed by atoms with Gasteiger partial charge in [0.25, 0.3) is 0 Å². The maximum absolute atomic E-state index is 8.68. The average molecular weight is 262 g/mol. The summed E-state index contributed by atoms with van der Waals surface area (Å²) >= 11 is 0. The van der Waals surface area contributed by atoms with Crippen molar-refractivity contribution >= 4 is 6.08 Å². The normalized spacial score (nSPS) is 9.15. The van der Waals surface area contributed by atoms with Crippen molar-refractivity contribution in [2.75, 3.05) is 0 Å². The molecule has 20 heavy (non-hydrogen) atoms. The van der Waals surface area contributed by atoms with Gasteiger partial charge in [0.15, 0.2) is 0 Å². The minimum atomic E-state index is 0.0585. The number of hydrogen-bond donors (Lipinski definition) is 0. The first kappa shape index (κ1) is 13.3. The minimum Gasteiger partial charge on any atom is -0.437 e. The van der Waals surface area contributed by atoms with E-state index >= 15 is 0 Å². The molecule has 0 aliphatic heterocycles. The average Bonchev–Trinajstić information content (AvgIpc) is 2.46. The summed E-state index contributed by atoms with van der Waals surface area (Å²) in [6, 6.07) is 10.6. The van der Waals surface area contributed by atoms with Gasteiger partial charge in [-0.2, -0.15) is 10.5 Å². The quantitative estimate of drug-likeness (QED) is 0.794. The van der Waals surface area contributed by atoms with E-state index in [9.17, 15) is 0 Å². The Balaban J connectivity index is 2.16. The van der Waals surface area contributed by atoms with Gasteiger partial charge in [0, 0.05) is 6.20 Å². The molecule has 0 N–H and O–H groups in total. The Morgan fingerprint density at radius 3 is 2.45 bits per heavy atom. The summed E-state index contributed by atoms with van der Waals surface area (Å²) in [5.74, 6) is 1.03. The third-order valence-electron chi connectivity index (χ3n) is 2.39. The molecule has 1 heterocycles. The second-order valence-electron chi connectivity index (χ2n) is 3.95. The van der Waals surface area contributed by atoms with Gasteiger partial charge in [-0.15, -0.1) is 0 Å². The molecule has 5 nitrogen and oxygen atoms in total. The largest absolute Gasteiger partial charge is 0.437 e. The van der Waals surface area contributed by atoms with Crippen LogP contribution in [0.4, 0.5) is 0 Å². The van der Waals surface area contributed by atoms with Crippen LogP contribution in [-0.4, -0.2) is 9.97 Å². The van der Waals surface area contributed by atoms with E-state index in [2.05, 4.69) is 9.97 Å². The Morgan fingerprint density at radius 2 is 1.85 bits per heavy atom. The van der Waals surface area contributed by atoms with Crippen LogP contribution in [0.15, 0.2) is 42.2 Å². The van der Waals surface area contributed by atoms with E-state index in [1.807, 2.05) is 19.1 Å². The third kappa shape index (κ3) is 3.41. The van der Waals surface area contributed by atoms with Gasteiger partial charge < -0.3 is 4.74 Å². The van der Waals surface area contributed by atoms with E-state index in [0.717, 1.165) is 11.3 Å². The second kappa shape index (κ2) is 6.12. The second-order valence-corrected chi connectivity index (χ2v) is 3.95. The third-order valence-corrected chi connectivity index (χ3v) is 2.39. The van der Waals surface area contributed by atoms with Crippen LogP contribution in [-0.2, 0) is 0 Å². The molecule has 0 unspecified atom stereocenters. The predicted molar refractivity (Wildman–Crippen MR) is 72.5 cm³/mol. The molecule has 1 aromatic heterocycles. The molecule has 0 saturated carbocycles. The van der Waals surface area contributed by atoms with Gasteiger partial charge in [-0.05, 0) is 30.7 Å². The van der Waals surface area contributed by atoms with E-state index in [0.29, 0.717) is 11.6 Å².